The van der Waals surface area contributed by atoms with Gasteiger partial charge in [-0.25, -0.2) is 0 Å². The van der Waals surface area contributed by atoms with Crippen molar-refractivity contribution in [3.05, 3.63) is 0 Å². The van der Waals surface area contributed by atoms with Crippen LogP contribution in [0.25, 0.3) is 0 Å². The highest BCUT2D eigenvalue weighted by Gasteiger charge is 2.60. The van der Waals surface area contributed by atoms with Gasteiger partial charge in [-0.05, 0) is 104 Å². The Kier molecular flexibility index (Phi) is 7.21. The molecule has 8 atom stereocenters. The van der Waals surface area contributed by atoms with E-state index < -0.39 is 0 Å². The van der Waals surface area contributed by atoms with Crippen molar-refractivity contribution in [1.29, 1.82) is 0 Å². The third-order valence-corrected chi connectivity index (χ3v) is 11.2. The van der Waals surface area contributed by atoms with E-state index in [-0.39, 0.29) is 0 Å². The lowest BCUT2D eigenvalue weighted by Gasteiger charge is -2.62. The second-order valence-corrected chi connectivity index (χ2v) is 13.2. The van der Waals surface area contributed by atoms with Crippen molar-refractivity contribution in [2.45, 2.75) is 111 Å². The molecule has 0 radical (unpaired) electrons. The van der Waals surface area contributed by atoms with E-state index in [1.807, 2.05) is 0 Å². The van der Waals surface area contributed by atoms with E-state index in [2.05, 4.69) is 39.5 Å². The van der Waals surface area contributed by atoms with Crippen LogP contribution in [0.5, 0.6) is 0 Å². The average molecular weight is 436 g/mol. The number of fused-ring (bicyclic) bond motifs is 5. The summed E-state index contributed by atoms with van der Waals surface area (Å²) in [6, 6.07) is 0.808. The molecule has 3 aliphatic carbocycles. The first-order valence-electron chi connectivity index (χ1n) is 13.6. The van der Waals surface area contributed by atoms with Crippen LogP contribution in [0.2, 0.25) is 0 Å². The van der Waals surface area contributed by atoms with Crippen molar-refractivity contribution < 1.29 is 0 Å². The van der Waals surface area contributed by atoms with Crippen LogP contribution in [0.15, 0.2) is 0 Å². The molecule has 1 heterocycles. The SMILES string of the molecule is CC(C)CCCC(C)C1CCC2C3CCC4N(CCCl)CCCC4(C)C3CCC12C. The Bertz CT molecular complexity index is 573. The number of alkyl halides is 1. The fourth-order valence-electron chi connectivity index (χ4n) is 9.61. The maximum Gasteiger partial charge on any atom is 0.0351 e. The molecule has 1 aliphatic heterocycles. The smallest absolute Gasteiger partial charge is 0.0351 e. The van der Waals surface area contributed by atoms with Crippen LogP contribution in [0.3, 0.4) is 0 Å². The van der Waals surface area contributed by atoms with E-state index in [0.717, 1.165) is 54.0 Å². The number of hydrogen-bond donors (Lipinski definition) is 0. The number of nitrogens with zero attached hydrogens (tertiary/aromatic N) is 1. The largest absolute Gasteiger partial charge is 0.299 e. The summed E-state index contributed by atoms with van der Waals surface area (Å²) in [6.07, 6.45) is 16.2. The van der Waals surface area contributed by atoms with Gasteiger partial charge in [0.1, 0.15) is 0 Å². The van der Waals surface area contributed by atoms with Gasteiger partial charge in [0.05, 0.1) is 0 Å². The summed E-state index contributed by atoms with van der Waals surface area (Å²) < 4.78 is 0. The third kappa shape index (κ3) is 4.02. The minimum Gasteiger partial charge on any atom is -0.299 e. The Morgan fingerprint density at radius 2 is 1.67 bits per heavy atom. The summed E-state index contributed by atoms with van der Waals surface area (Å²) in [7, 11) is 0. The van der Waals surface area contributed by atoms with Crippen LogP contribution in [0.4, 0.5) is 0 Å². The zero-order valence-electron chi connectivity index (χ0n) is 20.8. The molecule has 0 aromatic carbocycles. The summed E-state index contributed by atoms with van der Waals surface area (Å²) in [5.74, 6) is 6.57. The van der Waals surface area contributed by atoms with Crippen molar-refractivity contribution in [3.63, 3.8) is 0 Å². The predicted octanol–water partition coefficient (Wildman–Crippen LogP) is 8.01. The Morgan fingerprint density at radius 3 is 2.40 bits per heavy atom. The summed E-state index contributed by atoms with van der Waals surface area (Å²) in [5, 5.41) is 0. The highest BCUT2D eigenvalue weighted by atomic mass is 35.5. The summed E-state index contributed by atoms with van der Waals surface area (Å²) in [5.41, 5.74) is 1.18. The van der Waals surface area contributed by atoms with Crippen LogP contribution in [0.1, 0.15) is 105 Å². The van der Waals surface area contributed by atoms with Gasteiger partial charge >= 0.3 is 0 Å². The number of hydrogen-bond acceptors (Lipinski definition) is 1. The van der Waals surface area contributed by atoms with Gasteiger partial charge in [-0.2, -0.15) is 0 Å². The Balaban J connectivity index is 1.47. The lowest BCUT2D eigenvalue weighted by molar-refractivity contribution is -0.129. The number of likely N-dealkylation sites (tertiary alicyclic amines) is 1. The molecule has 3 saturated carbocycles. The van der Waals surface area contributed by atoms with E-state index >= 15 is 0 Å². The molecule has 174 valence electrons. The number of rotatable bonds is 7. The van der Waals surface area contributed by atoms with Gasteiger partial charge in [0.25, 0.3) is 0 Å². The molecule has 1 nitrogen and oxygen atoms in total. The monoisotopic (exact) mass is 435 g/mol. The first-order chi connectivity index (χ1) is 14.3. The van der Waals surface area contributed by atoms with Crippen molar-refractivity contribution >= 4 is 11.6 Å². The predicted molar refractivity (Wildman–Crippen MR) is 131 cm³/mol. The Labute approximate surface area is 193 Å². The molecule has 0 aromatic rings. The molecular formula is C28H50ClN. The summed E-state index contributed by atoms with van der Waals surface area (Å²) >= 11 is 6.20. The fourth-order valence-corrected chi connectivity index (χ4v) is 9.82. The lowest BCUT2D eigenvalue weighted by atomic mass is 9.46. The molecular weight excluding hydrogens is 386 g/mol. The first-order valence-corrected chi connectivity index (χ1v) is 14.1. The minimum absolute atomic E-state index is 0.551. The van der Waals surface area contributed by atoms with Gasteiger partial charge in [0.2, 0.25) is 0 Å². The van der Waals surface area contributed by atoms with Crippen molar-refractivity contribution in [2.75, 3.05) is 19.0 Å². The van der Waals surface area contributed by atoms with Gasteiger partial charge in [-0.1, -0.05) is 53.9 Å². The van der Waals surface area contributed by atoms with Crippen molar-refractivity contribution in [2.24, 2.45) is 46.3 Å². The van der Waals surface area contributed by atoms with Crippen LogP contribution < -0.4 is 0 Å². The van der Waals surface area contributed by atoms with E-state index in [0.29, 0.717) is 10.8 Å². The maximum atomic E-state index is 6.20. The van der Waals surface area contributed by atoms with Gasteiger partial charge < -0.3 is 0 Å². The second-order valence-electron chi connectivity index (χ2n) is 12.8. The van der Waals surface area contributed by atoms with Gasteiger partial charge in [-0.3, -0.25) is 4.90 Å². The molecule has 2 heteroatoms. The van der Waals surface area contributed by atoms with Crippen LogP contribution in [-0.2, 0) is 0 Å². The molecule has 0 bridgehead atoms. The van der Waals surface area contributed by atoms with Crippen LogP contribution in [0, 0.1) is 46.3 Å². The summed E-state index contributed by atoms with van der Waals surface area (Å²) in [4.78, 5) is 2.79. The molecule has 4 rings (SSSR count). The molecule has 0 spiro atoms. The molecule has 1 saturated heterocycles. The highest BCUT2D eigenvalue weighted by Crippen LogP contribution is 2.67. The fraction of sp³-hybridized carbons (Fsp3) is 1.00. The molecule has 8 unspecified atom stereocenters. The van der Waals surface area contributed by atoms with Gasteiger partial charge in [0, 0.05) is 18.5 Å². The van der Waals surface area contributed by atoms with E-state index in [1.165, 1.54) is 77.2 Å². The molecule has 0 aromatic heterocycles. The summed E-state index contributed by atoms with van der Waals surface area (Å²) in [6.45, 7) is 15.2. The second kappa shape index (κ2) is 9.24. The normalized spacial score (nSPS) is 45.1. The number of piperidine rings is 1. The number of halogens is 1. The topological polar surface area (TPSA) is 3.24 Å². The highest BCUT2D eigenvalue weighted by molar-refractivity contribution is 6.18. The zero-order valence-corrected chi connectivity index (χ0v) is 21.5. The van der Waals surface area contributed by atoms with Crippen molar-refractivity contribution in [3.8, 4) is 0 Å². The first kappa shape index (κ1) is 23.4. The maximum absolute atomic E-state index is 6.20. The van der Waals surface area contributed by atoms with Gasteiger partial charge in [0.15, 0.2) is 0 Å². The molecule has 4 aliphatic rings. The molecule has 0 N–H and O–H groups in total. The van der Waals surface area contributed by atoms with Gasteiger partial charge in [-0.15, -0.1) is 11.6 Å². The Hall–Kier alpha value is 0.250. The third-order valence-electron chi connectivity index (χ3n) is 11.0. The van der Waals surface area contributed by atoms with Crippen LogP contribution in [-0.4, -0.2) is 29.9 Å². The van der Waals surface area contributed by atoms with E-state index in [4.69, 9.17) is 11.6 Å². The quantitative estimate of drug-likeness (QED) is 0.366. The standard InChI is InChI=1S/C28H50ClN/c1-20(2)8-6-9-21(3)23-11-12-24-22-10-13-26-28(5,15-7-18-30(26)19-17-29)25(22)14-16-27(23,24)4/h20-26H,6-19H2,1-5H3. The molecule has 0 amide bonds. The lowest BCUT2D eigenvalue weighted by Crippen LogP contribution is -2.61. The Morgan fingerprint density at radius 1 is 0.900 bits per heavy atom. The van der Waals surface area contributed by atoms with Crippen molar-refractivity contribution in [1.82, 2.24) is 4.90 Å². The van der Waals surface area contributed by atoms with E-state index in [9.17, 15) is 0 Å². The average Bonchev–Trinajstić information content (AvgIpc) is 3.05. The molecule has 4 fully saturated rings. The molecule has 30 heavy (non-hydrogen) atoms. The van der Waals surface area contributed by atoms with E-state index in [1.54, 1.807) is 0 Å². The zero-order chi connectivity index (χ0) is 21.5. The minimum atomic E-state index is 0.551. The van der Waals surface area contributed by atoms with Crippen LogP contribution >= 0.6 is 11.6 Å².